The normalized spacial score (nSPS) is 24.2. The summed E-state index contributed by atoms with van der Waals surface area (Å²) >= 11 is 0. The molecule has 2 amide bonds. The second-order valence-corrected chi connectivity index (χ2v) is 10.7. The average Bonchev–Trinajstić information content (AvgIpc) is 2.91. The first-order valence-electron chi connectivity index (χ1n) is 13.6. The monoisotopic (exact) mass is 540 g/mol. The summed E-state index contributed by atoms with van der Waals surface area (Å²) in [5.74, 6) is -0.850. The van der Waals surface area contributed by atoms with E-state index in [9.17, 15) is 14.0 Å². The molecule has 0 spiro atoms. The Morgan fingerprint density at radius 3 is 2.69 bits per heavy atom. The molecule has 11 heteroatoms. The van der Waals surface area contributed by atoms with Crippen LogP contribution in [0.15, 0.2) is 30.3 Å². The molecule has 2 saturated heterocycles. The number of rotatable bonds is 7. The highest BCUT2D eigenvalue weighted by Gasteiger charge is 2.34. The van der Waals surface area contributed by atoms with Crippen LogP contribution in [0.4, 0.5) is 10.1 Å². The average molecular weight is 541 g/mol. The molecule has 1 aromatic heterocycles. The van der Waals surface area contributed by atoms with Crippen LogP contribution in [0.1, 0.15) is 35.5 Å². The topological polar surface area (TPSA) is 113 Å². The van der Waals surface area contributed by atoms with Crippen LogP contribution in [0.2, 0.25) is 0 Å². The van der Waals surface area contributed by atoms with Crippen LogP contribution in [0.3, 0.4) is 0 Å². The summed E-state index contributed by atoms with van der Waals surface area (Å²) in [6.07, 6.45) is 0.315. The lowest BCUT2D eigenvalue weighted by Gasteiger charge is -2.44. The number of hydrogen-bond acceptors (Lipinski definition) is 8. The Morgan fingerprint density at radius 2 is 1.95 bits per heavy atom. The van der Waals surface area contributed by atoms with Gasteiger partial charge in [-0.15, -0.1) is 0 Å². The van der Waals surface area contributed by atoms with Crippen molar-refractivity contribution in [3.8, 4) is 5.88 Å². The third-order valence-electron chi connectivity index (χ3n) is 7.75. The first kappa shape index (κ1) is 27.4. The maximum atomic E-state index is 13.8. The molecule has 39 heavy (non-hydrogen) atoms. The molecule has 2 fully saturated rings. The van der Waals surface area contributed by atoms with Crippen molar-refractivity contribution in [2.24, 2.45) is 5.73 Å². The van der Waals surface area contributed by atoms with Crippen molar-refractivity contribution in [2.75, 3.05) is 64.0 Å². The fourth-order valence-corrected chi connectivity index (χ4v) is 5.58. The number of aromatic nitrogens is 1. The van der Waals surface area contributed by atoms with E-state index < -0.39 is 5.91 Å². The van der Waals surface area contributed by atoms with Gasteiger partial charge in [0.1, 0.15) is 23.8 Å². The number of piperazine rings is 1. The van der Waals surface area contributed by atoms with E-state index in [2.05, 4.69) is 33.9 Å². The van der Waals surface area contributed by atoms with Crippen LogP contribution in [0, 0.1) is 5.82 Å². The van der Waals surface area contributed by atoms with E-state index in [1.807, 2.05) is 0 Å². The van der Waals surface area contributed by atoms with Gasteiger partial charge in [0.15, 0.2) is 0 Å². The molecule has 2 aromatic rings. The third kappa shape index (κ3) is 6.38. The lowest BCUT2D eigenvalue weighted by molar-refractivity contribution is -0.121. The standard InChI is InChI=1S/C28H37FN6O4/c1-18-14-34(23(13-31-18)15-33-7-9-38-17-19(33)2)16-25(36)35-8-10-39-28-24(35)12-21(26(32-28)27(30)37)11-20-3-5-22(29)6-4-20/h3-6,12,18-19,23,31H,7-11,13-17H2,1-2H3,(H2,30,37)/t18-,19?,23-/m1/s1. The van der Waals surface area contributed by atoms with Gasteiger partial charge in [0.25, 0.3) is 5.91 Å². The zero-order chi connectivity index (χ0) is 27.5. The number of ether oxygens (including phenoxy) is 2. The number of hydrogen-bond donors (Lipinski definition) is 2. The molecule has 3 aliphatic rings. The summed E-state index contributed by atoms with van der Waals surface area (Å²) in [5.41, 5.74) is 7.60. The molecule has 3 aliphatic heterocycles. The summed E-state index contributed by atoms with van der Waals surface area (Å²) < 4.78 is 24.8. The fourth-order valence-electron chi connectivity index (χ4n) is 5.58. The Kier molecular flexibility index (Phi) is 8.41. The molecule has 3 N–H and O–H groups in total. The van der Waals surface area contributed by atoms with Gasteiger partial charge in [0.05, 0.1) is 26.3 Å². The van der Waals surface area contributed by atoms with Gasteiger partial charge >= 0.3 is 0 Å². The quantitative estimate of drug-likeness (QED) is 0.535. The van der Waals surface area contributed by atoms with E-state index in [1.54, 1.807) is 23.1 Å². The molecule has 1 unspecified atom stereocenters. The lowest BCUT2D eigenvalue weighted by atomic mass is 10.0. The minimum atomic E-state index is -0.683. The Hall–Kier alpha value is -3.12. The number of fused-ring (bicyclic) bond motifs is 1. The van der Waals surface area contributed by atoms with Crippen LogP contribution in [0.5, 0.6) is 5.88 Å². The predicted molar refractivity (Wildman–Crippen MR) is 144 cm³/mol. The van der Waals surface area contributed by atoms with Gasteiger partial charge in [-0.2, -0.15) is 0 Å². The van der Waals surface area contributed by atoms with Crippen molar-refractivity contribution in [1.29, 1.82) is 0 Å². The second kappa shape index (κ2) is 12.0. The maximum absolute atomic E-state index is 13.8. The molecule has 10 nitrogen and oxygen atoms in total. The number of anilines is 1. The van der Waals surface area contributed by atoms with Crippen LogP contribution < -0.4 is 20.7 Å². The summed E-state index contributed by atoms with van der Waals surface area (Å²) in [5, 5.41) is 3.56. The van der Waals surface area contributed by atoms with Gasteiger partial charge in [0, 0.05) is 44.3 Å². The summed E-state index contributed by atoms with van der Waals surface area (Å²) in [4.78, 5) is 36.8. The van der Waals surface area contributed by atoms with Crippen molar-refractivity contribution in [3.05, 3.63) is 53.0 Å². The first-order valence-corrected chi connectivity index (χ1v) is 13.6. The van der Waals surface area contributed by atoms with Crippen LogP contribution in [0.25, 0.3) is 0 Å². The lowest BCUT2D eigenvalue weighted by Crippen LogP contribution is -2.62. The summed E-state index contributed by atoms with van der Waals surface area (Å²) in [6.45, 7) is 10.00. The van der Waals surface area contributed by atoms with E-state index in [-0.39, 0.29) is 48.5 Å². The van der Waals surface area contributed by atoms with E-state index in [1.165, 1.54) is 12.1 Å². The van der Waals surface area contributed by atoms with Crippen LogP contribution >= 0.6 is 0 Å². The maximum Gasteiger partial charge on any atom is 0.267 e. The molecule has 1 aromatic carbocycles. The third-order valence-corrected chi connectivity index (χ3v) is 7.75. The molecule has 5 rings (SSSR count). The van der Waals surface area contributed by atoms with Crippen LogP contribution in [-0.2, 0) is 16.0 Å². The number of nitrogens with one attached hydrogen (secondary N) is 1. The number of primary amides is 1. The van der Waals surface area contributed by atoms with Crippen LogP contribution in [-0.4, -0.2) is 104 Å². The number of benzene rings is 1. The number of nitrogens with two attached hydrogens (primary N) is 1. The number of nitrogens with zero attached hydrogens (tertiary/aromatic N) is 4. The molecule has 0 bridgehead atoms. The van der Waals surface area contributed by atoms with E-state index >= 15 is 0 Å². The zero-order valence-corrected chi connectivity index (χ0v) is 22.6. The Bertz CT molecular complexity index is 1200. The minimum Gasteiger partial charge on any atom is -0.474 e. The number of morpholine rings is 1. The second-order valence-electron chi connectivity index (χ2n) is 10.7. The van der Waals surface area contributed by atoms with Gasteiger partial charge in [-0.05, 0) is 49.6 Å². The number of carbonyl (C=O) groups is 2. The van der Waals surface area contributed by atoms with Gasteiger partial charge in [-0.1, -0.05) is 12.1 Å². The zero-order valence-electron chi connectivity index (χ0n) is 22.6. The largest absolute Gasteiger partial charge is 0.474 e. The van der Waals surface area contributed by atoms with E-state index in [4.69, 9.17) is 15.2 Å². The summed E-state index contributed by atoms with van der Waals surface area (Å²) in [7, 11) is 0. The van der Waals surface area contributed by atoms with Crippen molar-refractivity contribution < 1.29 is 23.5 Å². The van der Waals surface area contributed by atoms with Gasteiger partial charge in [-0.3, -0.25) is 19.4 Å². The number of pyridine rings is 1. The molecule has 210 valence electrons. The summed E-state index contributed by atoms with van der Waals surface area (Å²) in [6, 6.07) is 8.60. The Balaban J connectivity index is 1.37. The highest BCUT2D eigenvalue weighted by atomic mass is 19.1. The van der Waals surface area contributed by atoms with E-state index in [0.29, 0.717) is 30.3 Å². The van der Waals surface area contributed by atoms with Crippen molar-refractivity contribution in [3.63, 3.8) is 0 Å². The first-order chi connectivity index (χ1) is 18.8. The number of carbonyl (C=O) groups excluding carboxylic acids is 2. The predicted octanol–water partition coefficient (Wildman–Crippen LogP) is 1.02. The molecule has 0 saturated carbocycles. The number of amides is 2. The van der Waals surface area contributed by atoms with Crippen molar-refractivity contribution in [1.82, 2.24) is 20.1 Å². The van der Waals surface area contributed by atoms with E-state index in [0.717, 1.165) is 45.0 Å². The molecular weight excluding hydrogens is 503 g/mol. The van der Waals surface area contributed by atoms with Gasteiger partial charge in [-0.25, -0.2) is 9.37 Å². The molecule has 4 heterocycles. The van der Waals surface area contributed by atoms with Crippen molar-refractivity contribution >= 4 is 17.5 Å². The molecular formula is C28H37FN6O4. The minimum absolute atomic E-state index is 0.0463. The Labute approximate surface area is 228 Å². The van der Waals surface area contributed by atoms with Gasteiger partial charge in [0.2, 0.25) is 11.8 Å². The highest BCUT2D eigenvalue weighted by molar-refractivity contribution is 5.98. The Morgan fingerprint density at radius 1 is 1.15 bits per heavy atom. The number of halogens is 1. The SMILES string of the molecule is CC1COCCN1C[C@H]1CN[C@H](C)CN1CC(=O)N1CCOc2nc(C(N)=O)c(Cc3ccc(F)cc3)cc21. The molecule has 0 aliphatic carbocycles. The highest BCUT2D eigenvalue weighted by Crippen LogP contribution is 2.33. The molecule has 3 atom stereocenters. The smallest absolute Gasteiger partial charge is 0.267 e. The van der Waals surface area contributed by atoms with Gasteiger partial charge < -0.3 is 25.4 Å². The fraction of sp³-hybridized carbons (Fsp3) is 0.536. The molecule has 0 radical (unpaired) electrons. The van der Waals surface area contributed by atoms with Crippen molar-refractivity contribution in [2.45, 2.75) is 38.4 Å².